The monoisotopic (exact) mass is 512 g/mol. The second-order valence-corrected chi connectivity index (χ2v) is 10.1. The molecule has 1 aliphatic heterocycles. The second-order valence-electron chi connectivity index (χ2n) is 8.15. The van der Waals surface area contributed by atoms with Crippen molar-refractivity contribution >= 4 is 21.4 Å². The predicted octanol–water partition coefficient (Wildman–Crippen LogP) is 4.66. The quantitative estimate of drug-likeness (QED) is 0.515. The Kier molecular flexibility index (Phi) is 6.45. The SMILES string of the molecule is Cc1cccc2c1CN(S(=O)(=O)C(F)(F)F)CC(c1ccccc1)N2Cc1ncc(F)c(N)c1F. The van der Waals surface area contributed by atoms with Gasteiger partial charge in [-0.25, -0.2) is 17.2 Å². The highest BCUT2D eigenvalue weighted by Crippen LogP contribution is 2.40. The molecule has 0 aliphatic carbocycles. The molecule has 2 N–H and O–H groups in total. The van der Waals surface area contributed by atoms with Gasteiger partial charge in [-0.1, -0.05) is 42.5 Å². The van der Waals surface area contributed by atoms with E-state index in [0.717, 1.165) is 6.20 Å². The van der Waals surface area contributed by atoms with Crippen molar-refractivity contribution in [3.8, 4) is 0 Å². The maximum absolute atomic E-state index is 14.8. The average molecular weight is 513 g/mol. The summed E-state index contributed by atoms with van der Waals surface area (Å²) in [6.45, 7) is 0.239. The summed E-state index contributed by atoms with van der Waals surface area (Å²) in [5.74, 6) is -2.13. The first-order valence-corrected chi connectivity index (χ1v) is 11.9. The van der Waals surface area contributed by atoms with Gasteiger partial charge in [-0.3, -0.25) is 4.98 Å². The largest absolute Gasteiger partial charge is 0.511 e. The fourth-order valence-electron chi connectivity index (χ4n) is 4.14. The number of fused-ring (bicyclic) bond motifs is 1. The van der Waals surface area contributed by atoms with Gasteiger partial charge in [0.15, 0.2) is 11.6 Å². The topological polar surface area (TPSA) is 79.5 Å². The van der Waals surface area contributed by atoms with Crippen molar-refractivity contribution in [1.82, 2.24) is 9.29 Å². The summed E-state index contributed by atoms with van der Waals surface area (Å²) in [6.07, 6.45) is 0.765. The predicted molar refractivity (Wildman–Crippen MR) is 120 cm³/mol. The number of anilines is 2. The molecule has 35 heavy (non-hydrogen) atoms. The van der Waals surface area contributed by atoms with Gasteiger partial charge in [0.05, 0.1) is 24.5 Å². The fraction of sp³-hybridized carbons (Fsp3) is 0.261. The molecule has 0 spiro atoms. The van der Waals surface area contributed by atoms with E-state index in [4.69, 9.17) is 5.73 Å². The van der Waals surface area contributed by atoms with Gasteiger partial charge in [-0.15, -0.1) is 0 Å². The smallest absolute Gasteiger partial charge is 0.394 e. The van der Waals surface area contributed by atoms with E-state index >= 15 is 0 Å². The van der Waals surface area contributed by atoms with Crippen molar-refractivity contribution in [3.05, 3.63) is 88.7 Å². The number of sulfonamides is 1. The summed E-state index contributed by atoms with van der Waals surface area (Å²) >= 11 is 0. The lowest BCUT2D eigenvalue weighted by molar-refractivity contribution is -0.0492. The lowest BCUT2D eigenvalue weighted by atomic mass is 10.0. The van der Waals surface area contributed by atoms with E-state index in [1.165, 1.54) is 0 Å². The lowest BCUT2D eigenvalue weighted by Crippen LogP contribution is -2.43. The fourth-order valence-corrected chi connectivity index (χ4v) is 5.07. The van der Waals surface area contributed by atoms with Crippen LogP contribution in [0.5, 0.6) is 0 Å². The minimum atomic E-state index is -5.69. The van der Waals surface area contributed by atoms with Gasteiger partial charge >= 0.3 is 15.5 Å². The van der Waals surface area contributed by atoms with E-state index in [1.54, 1.807) is 60.4 Å². The van der Waals surface area contributed by atoms with Crippen molar-refractivity contribution < 1.29 is 30.4 Å². The zero-order valence-electron chi connectivity index (χ0n) is 18.4. The molecule has 0 bridgehead atoms. The third-order valence-electron chi connectivity index (χ3n) is 6.00. The third-order valence-corrected chi connectivity index (χ3v) is 7.54. The van der Waals surface area contributed by atoms with Crippen molar-refractivity contribution in [1.29, 1.82) is 0 Å². The number of aryl methyl sites for hydroxylation is 1. The Hall–Kier alpha value is -3.25. The molecule has 6 nitrogen and oxygen atoms in total. The summed E-state index contributed by atoms with van der Waals surface area (Å²) in [7, 11) is -5.69. The molecule has 4 rings (SSSR count). The number of nitrogens with two attached hydrogens (primary N) is 1. The summed E-state index contributed by atoms with van der Waals surface area (Å²) in [5, 5.41) is 0. The highest BCUT2D eigenvalue weighted by molar-refractivity contribution is 7.89. The third kappa shape index (κ3) is 4.55. The first-order chi connectivity index (χ1) is 16.4. The van der Waals surface area contributed by atoms with Crippen LogP contribution in [-0.4, -0.2) is 29.8 Å². The van der Waals surface area contributed by atoms with Crippen LogP contribution in [0.15, 0.2) is 54.7 Å². The second kappa shape index (κ2) is 9.08. The van der Waals surface area contributed by atoms with Gasteiger partial charge in [0, 0.05) is 18.8 Å². The minimum absolute atomic E-state index is 0.232. The normalized spacial score (nSPS) is 17.2. The zero-order chi connectivity index (χ0) is 25.5. The van der Waals surface area contributed by atoms with Crippen LogP contribution >= 0.6 is 0 Å². The Morgan fingerprint density at radius 2 is 1.77 bits per heavy atom. The van der Waals surface area contributed by atoms with Crippen LogP contribution in [0.1, 0.15) is 28.4 Å². The van der Waals surface area contributed by atoms with Crippen LogP contribution < -0.4 is 10.6 Å². The molecule has 12 heteroatoms. The van der Waals surface area contributed by atoms with Crippen LogP contribution in [0, 0.1) is 18.6 Å². The van der Waals surface area contributed by atoms with Gasteiger partial charge in [-0.05, 0) is 29.7 Å². The van der Waals surface area contributed by atoms with Crippen LogP contribution in [-0.2, 0) is 23.1 Å². The van der Waals surface area contributed by atoms with Gasteiger partial charge in [-0.2, -0.15) is 17.5 Å². The van der Waals surface area contributed by atoms with E-state index in [-0.39, 0.29) is 12.2 Å². The van der Waals surface area contributed by atoms with Crippen LogP contribution in [0.2, 0.25) is 0 Å². The van der Waals surface area contributed by atoms with Gasteiger partial charge in [0.25, 0.3) is 0 Å². The van der Waals surface area contributed by atoms with Crippen molar-refractivity contribution in [2.45, 2.75) is 31.6 Å². The van der Waals surface area contributed by atoms with E-state index in [0.29, 0.717) is 26.7 Å². The highest BCUT2D eigenvalue weighted by atomic mass is 32.2. The molecule has 0 amide bonds. The number of halogens is 5. The number of hydrogen-bond donors (Lipinski definition) is 1. The Morgan fingerprint density at radius 3 is 2.43 bits per heavy atom. The Balaban J connectivity index is 1.93. The highest BCUT2D eigenvalue weighted by Gasteiger charge is 2.51. The summed E-state index contributed by atoms with van der Waals surface area (Å²) in [5.41, 5.74) is 0.803. The lowest BCUT2D eigenvalue weighted by Gasteiger charge is -2.34. The number of aromatic nitrogens is 1. The average Bonchev–Trinajstić information content (AvgIpc) is 2.98. The number of benzene rings is 2. The molecule has 2 aromatic carbocycles. The number of hydrogen-bond acceptors (Lipinski definition) is 5. The number of alkyl halides is 3. The van der Waals surface area contributed by atoms with E-state index in [2.05, 4.69) is 4.98 Å². The number of rotatable bonds is 4. The molecule has 3 aromatic rings. The minimum Gasteiger partial charge on any atom is -0.394 e. The molecule has 0 radical (unpaired) electrons. The standard InChI is InChI=1S/C23H21F5N4O2S/c1-14-6-5-9-19-16(14)11-31(35(33,34)23(26,27)28)13-20(15-7-3-2-4-8-15)32(19)12-18-21(25)22(29)17(24)10-30-18/h2-10,20H,11-13H2,1H3,(H2,29,30). The summed E-state index contributed by atoms with van der Waals surface area (Å²) in [4.78, 5) is 5.39. The Morgan fingerprint density at radius 1 is 1.09 bits per heavy atom. The van der Waals surface area contributed by atoms with E-state index in [9.17, 15) is 30.4 Å². The van der Waals surface area contributed by atoms with Gasteiger partial charge in [0.1, 0.15) is 5.69 Å². The van der Waals surface area contributed by atoms with Gasteiger partial charge < -0.3 is 10.6 Å². The van der Waals surface area contributed by atoms with Crippen LogP contribution in [0.4, 0.5) is 33.3 Å². The maximum atomic E-state index is 14.8. The first kappa shape index (κ1) is 24.9. The number of nitrogen functional groups attached to an aromatic ring is 1. The zero-order valence-corrected chi connectivity index (χ0v) is 19.2. The molecule has 1 aromatic heterocycles. The van der Waals surface area contributed by atoms with E-state index in [1.807, 2.05) is 0 Å². The molecule has 0 saturated heterocycles. The maximum Gasteiger partial charge on any atom is 0.511 e. The molecule has 1 atom stereocenters. The summed E-state index contributed by atoms with van der Waals surface area (Å²) < 4.78 is 94.7. The number of pyridine rings is 1. The van der Waals surface area contributed by atoms with Crippen molar-refractivity contribution in [2.75, 3.05) is 17.2 Å². The molecule has 0 saturated carbocycles. The Bertz CT molecular complexity index is 1350. The van der Waals surface area contributed by atoms with Gasteiger partial charge in [0.2, 0.25) is 0 Å². The molecule has 1 aliphatic rings. The Labute approximate surface area is 198 Å². The molecule has 0 fully saturated rings. The molecule has 2 heterocycles. The van der Waals surface area contributed by atoms with Crippen LogP contribution in [0.3, 0.4) is 0 Å². The molecule has 186 valence electrons. The van der Waals surface area contributed by atoms with E-state index < -0.39 is 52.0 Å². The van der Waals surface area contributed by atoms with Crippen molar-refractivity contribution in [3.63, 3.8) is 0 Å². The molecular weight excluding hydrogens is 491 g/mol. The molecule has 1 unspecified atom stereocenters. The summed E-state index contributed by atoms with van der Waals surface area (Å²) in [6, 6.07) is 12.3. The molecular formula is C23H21F5N4O2S. The number of nitrogens with zero attached hydrogens (tertiary/aromatic N) is 3. The van der Waals surface area contributed by atoms with Crippen LogP contribution in [0.25, 0.3) is 0 Å². The van der Waals surface area contributed by atoms with Crippen molar-refractivity contribution in [2.24, 2.45) is 0 Å². The first-order valence-electron chi connectivity index (χ1n) is 10.5.